The quantitative estimate of drug-likeness (QED) is 0.861. The van der Waals surface area contributed by atoms with Gasteiger partial charge in [-0.1, -0.05) is 19.3 Å². The Morgan fingerprint density at radius 2 is 1.95 bits per heavy atom. The zero-order valence-electron chi connectivity index (χ0n) is 12.3. The summed E-state index contributed by atoms with van der Waals surface area (Å²) in [5.74, 6) is 0.456. The summed E-state index contributed by atoms with van der Waals surface area (Å²) in [5.41, 5.74) is 5.63. The standard InChI is InChI=1S/C16H27NO3/c17-11-13-4-5-14(20-13)15(18)12-6-9-19-16(10-12)7-2-1-3-8-16/h12-14H,1-11,17H2. The monoisotopic (exact) mass is 281 g/mol. The van der Waals surface area contributed by atoms with E-state index >= 15 is 0 Å². The summed E-state index contributed by atoms with van der Waals surface area (Å²) >= 11 is 0. The van der Waals surface area contributed by atoms with Gasteiger partial charge in [0.15, 0.2) is 5.78 Å². The molecule has 2 N–H and O–H groups in total. The van der Waals surface area contributed by atoms with Gasteiger partial charge in [0.2, 0.25) is 0 Å². The van der Waals surface area contributed by atoms with E-state index in [0.29, 0.717) is 12.3 Å². The summed E-state index contributed by atoms with van der Waals surface area (Å²) in [7, 11) is 0. The van der Waals surface area contributed by atoms with Gasteiger partial charge in [-0.05, 0) is 38.5 Å². The average molecular weight is 281 g/mol. The molecule has 114 valence electrons. The molecular formula is C16H27NO3. The smallest absolute Gasteiger partial charge is 0.164 e. The molecule has 3 atom stereocenters. The fourth-order valence-corrected chi connectivity index (χ4v) is 4.17. The molecule has 20 heavy (non-hydrogen) atoms. The minimum Gasteiger partial charge on any atom is -0.375 e. The van der Waals surface area contributed by atoms with Crippen molar-refractivity contribution in [3.05, 3.63) is 0 Å². The summed E-state index contributed by atoms with van der Waals surface area (Å²) in [6, 6.07) is 0. The van der Waals surface area contributed by atoms with E-state index in [9.17, 15) is 4.79 Å². The molecule has 3 unspecified atom stereocenters. The van der Waals surface area contributed by atoms with E-state index in [1.807, 2.05) is 0 Å². The molecule has 3 rings (SSSR count). The van der Waals surface area contributed by atoms with Crippen molar-refractivity contribution >= 4 is 5.78 Å². The summed E-state index contributed by atoms with van der Waals surface area (Å²) in [5, 5.41) is 0. The normalized spacial score (nSPS) is 37.1. The Hall–Kier alpha value is -0.450. The molecule has 1 spiro atoms. The fraction of sp³-hybridized carbons (Fsp3) is 0.938. The van der Waals surface area contributed by atoms with Gasteiger partial charge in [-0.3, -0.25) is 4.79 Å². The molecule has 4 heteroatoms. The molecule has 0 amide bonds. The van der Waals surface area contributed by atoms with E-state index < -0.39 is 0 Å². The van der Waals surface area contributed by atoms with Crippen LogP contribution in [0.25, 0.3) is 0 Å². The maximum absolute atomic E-state index is 12.7. The Bertz CT molecular complexity index is 346. The highest BCUT2D eigenvalue weighted by Crippen LogP contribution is 2.41. The van der Waals surface area contributed by atoms with Crippen molar-refractivity contribution in [2.24, 2.45) is 11.7 Å². The number of rotatable bonds is 3. The molecule has 2 aliphatic heterocycles. The number of nitrogens with two attached hydrogens (primary N) is 1. The van der Waals surface area contributed by atoms with Gasteiger partial charge in [0, 0.05) is 19.1 Å². The number of ether oxygens (including phenoxy) is 2. The Labute approximate surface area is 121 Å². The third kappa shape index (κ3) is 2.92. The van der Waals surface area contributed by atoms with E-state index in [1.165, 1.54) is 19.3 Å². The van der Waals surface area contributed by atoms with Crippen LogP contribution in [0.1, 0.15) is 57.8 Å². The van der Waals surface area contributed by atoms with Gasteiger partial charge in [0.25, 0.3) is 0 Å². The summed E-state index contributed by atoms with van der Waals surface area (Å²) < 4.78 is 11.9. The van der Waals surface area contributed by atoms with Crippen LogP contribution < -0.4 is 5.73 Å². The largest absolute Gasteiger partial charge is 0.375 e. The Balaban J connectivity index is 1.60. The summed E-state index contributed by atoms with van der Waals surface area (Å²) in [6.45, 7) is 1.27. The molecule has 2 heterocycles. The molecule has 0 bridgehead atoms. The van der Waals surface area contributed by atoms with Crippen molar-refractivity contribution in [3.63, 3.8) is 0 Å². The molecule has 0 aromatic carbocycles. The lowest BCUT2D eigenvalue weighted by atomic mass is 9.74. The van der Waals surface area contributed by atoms with Crippen LogP contribution in [-0.2, 0) is 14.3 Å². The lowest BCUT2D eigenvalue weighted by Crippen LogP contribution is -2.45. The molecule has 3 aliphatic rings. The zero-order valence-corrected chi connectivity index (χ0v) is 12.3. The topological polar surface area (TPSA) is 61.6 Å². The van der Waals surface area contributed by atoms with Crippen LogP contribution in [0.2, 0.25) is 0 Å². The van der Waals surface area contributed by atoms with Crippen molar-refractivity contribution < 1.29 is 14.3 Å². The van der Waals surface area contributed by atoms with Crippen molar-refractivity contribution in [2.45, 2.75) is 75.6 Å². The van der Waals surface area contributed by atoms with Gasteiger partial charge in [-0.25, -0.2) is 0 Å². The first-order valence-electron chi connectivity index (χ1n) is 8.26. The van der Waals surface area contributed by atoms with Crippen LogP contribution >= 0.6 is 0 Å². The lowest BCUT2D eigenvalue weighted by Gasteiger charge is -2.43. The van der Waals surface area contributed by atoms with Crippen molar-refractivity contribution in [1.29, 1.82) is 0 Å². The molecule has 0 aromatic rings. The van der Waals surface area contributed by atoms with E-state index in [4.69, 9.17) is 15.2 Å². The van der Waals surface area contributed by atoms with Crippen LogP contribution in [0.15, 0.2) is 0 Å². The molecule has 2 saturated heterocycles. The molecule has 0 aromatic heterocycles. The molecule has 1 aliphatic carbocycles. The fourth-order valence-electron chi connectivity index (χ4n) is 4.17. The highest BCUT2D eigenvalue weighted by molar-refractivity contribution is 5.85. The van der Waals surface area contributed by atoms with E-state index in [-0.39, 0.29) is 23.7 Å². The van der Waals surface area contributed by atoms with Crippen LogP contribution in [0.4, 0.5) is 0 Å². The van der Waals surface area contributed by atoms with Gasteiger partial charge in [0.1, 0.15) is 6.10 Å². The first-order chi connectivity index (χ1) is 9.72. The highest BCUT2D eigenvalue weighted by Gasteiger charge is 2.43. The second-order valence-electron chi connectivity index (χ2n) is 6.74. The van der Waals surface area contributed by atoms with Crippen LogP contribution in [0, 0.1) is 5.92 Å². The lowest BCUT2D eigenvalue weighted by molar-refractivity contribution is -0.151. The Kier molecular flexibility index (Phi) is 4.43. The van der Waals surface area contributed by atoms with E-state index in [1.54, 1.807) is 0 Å². The molecule has 4 nitrogen and oxygen atoms in total. The maximum atomic E-state index is 12.7. The van der Waals surface area contributed by atoms with Crippen molar-refractivity contribution in [2.75, 3.05) is 13.2 Å². The Morgan fingerprint density at radius 3 is 2.65 bits per heavy atom. The number of carbonyl (C=O) groups is 1. The number of Topliss-reactive ketones (excluding diaryl/α,β-unsaturated/α-hetero) is 1. The number of hydrogen-bond acceptors (Lipinski definition) is 4. The van der Waals surface area contributed by atoms with E-state index in [2.05, 4.69) is 0 Å². The molecule has 3 fully saturated rings. The average Bonchev–Trinajstić information content (AvgIpc) is 2.96. The van der Waals surface area contributed by atoms with Gasteiger partial charge < -0.3 is 15.2 Å². The minimum atomic E-state index is -0.202. The third-order valence-electron chi connectivity index (χ3n) is 5.35. The van der Waals surface area contributed by atoms with Crippen molar-refractivity contribution in [1.82, 2.24) is 0 Å². The van der Waals surface area contributed by atoms with Crippen LogP contribution in [-0.4, -0.2) is 36.7 Å². The SMILES string of the molecule is NCC1CCC(C(=O)C2CCOC3(CCCCC3)C2)O1. The zero-order chi connectivity index (χ0) is 14.0. The predicted molar refractivity (Wildman–Crippen MR) is 76.4 cm³/mol. The number of carbonyl (C=O) groups excluding carboxylic acids is 1. The minimum absolute atomic E-state index is 0.00268. The van der Waals surface area contributed by atoms with Crippen LogP contribution in [0.5, 0.6) is 0 Å². The number of hydrogen-bond donors (Lipinski definition) is 1. The highest BCUT2D eigenvalue weighted by atomic mass is 16.5. The predicted octanol–water partition coefficient (Wildman–Crippen LogP) is 2.19. The summed E-state index contributed by atoms with van der Waals surface area (Å²) in [6.07, 6.45) is 9.53. The van der Waals surface area contributed by atoms with Gasteiger partial charge in [0.05, 0.1) is 11.7 Å². The van der Waals surface area contributed by atoms with Crippen LogP contribution in [0.3, 0.4) is 0 Å². The number of ketones is 1. The molecule has 1 saturated carbocycles. The van der Waals surface area contributed by atoms with E-state index in [0.717, 1.165) is 45.1 Å². The molecular weight excluding hydrogens is 254 g/mol. The maximum Gasteiger partial charge on any atom is 0.164 e. The summed E-state index contributed by atoms with van der Waals surface area (Å²) in [4.78, 5) is 12.7. The first kappa shape index (κ1) is 14.5. The van der Waals surface area contributed by atoms with Gasteiger partial charge in [-0.15, -0.1) is 0 Å². The van der Waals surface area contributed by atoms with Gasteiger partial charge >= 0.3 is 0 Å². The molecule has 0 radical (unpaired) electrons. The first-order valence-corrected chi connectivity index (χ1v) is 8.26. The third-order valence-corrected chi connectivity index (χ3v) is 5.35. The second-order valence-corrected chi connectivity index (χ2v) is 6.74. The second kappa shape index (κ2) is 6.12. The Morgan fingerprint density at radius 1 is 1.15 bits per heavy atom. The van der Waals surface area contributed by atoms with Crippen molar-refractivity contribution in [3.8, 4) is 0 Å². The van der Waals surface area contributed by atoms with Gasteiger partial charge in [-0.2, -0.15) is 0 Å².